The molecule has 2 N–H and O–H groups in total. The van der Waals surface area contributed by atoms with Crippen LogP contribution in [0.3, 0.4) is 0 Å². The molecule has 1 amide bonds. The number of amides is 1. The Hall–Kier alpha value is -1.35. The van der Waals surface area contributed by atoms with Crippen molar-refractivity contribution in [2.24, 2.45) is 0 Å². The van der Waals surface area contributed by atoms with Gasteiger partial charge in [0, 0.05) is 31.6 Å². The zero-order valence-electron chi connectivity index (χ0n) is 15.4. The van der Waals surface area contributed by atoms with Gasteiger partial charge in [0.25, 0.3) is 0 Å². The smallest absolute Gasteiger partial charge is 0.243 e. The third kappa shape index (κ3) is 5.33. The number of nitrogens with one attached hydrogen (secondary N) is 2. The Bertz CT molecular complexity index is 706. The number of hydrogen-bond acceptors (Lipinski definition) is 5. The molecular weight excluding hydrogens is 378 g/mol. The van der Waals surface area contributed by atoms with E-state index in [2.05, 4.69) is 10.6 Å². The number of sulfonamides is 1. The Morgan fingerprint density at radius 1 is 1.35 bits per heavy atom. The van der Waals surface area contributed by atoms with E-state index in [4.69, 9.17) is 4.74 Å². The monoisotopic (exact) mass is 405 g/mol. The van der Waals surface area contributed by atoms with E-state index in [1.165, 1.54) is 11.4 Å². The minimum Gasteiger partial charge on any atom is -0.496 e. The van der Waals surface area contributed by atoms with Gasteiger partial charge in [0.1, 0.15) is 5.75 Å². The first kappa shape index (κ1) is 22.7. The summed E-state index contributed by atoms with van der Waals surface area (Å²) in [4.78, 5) is 11.7. The molecule has 0 aromatic heterocycles. The molecule has 1 saturated heterocycles. The highest BCUT2D eigenvalue weighted by atomic mass is 35.5. The summed E-state index contributed by atoms with van der Waals surface area (Å²) in [5, 5.41) is 6.00. The summed E-state index contributed by atoms with van der Waals surface area (Å²) >= 11 is 0. The van der Waals surface area contributed by atoms with Crippen LogP contribution < -0.4 is 15.4 Å². The van der Waals surface area contributed by atoms with E-state index >= 15 is 0 Å². The Labute approximate surface area is 161 Å². The number of carbonyl (C=O) groups excluding carboxylic acids is 1. The number of methoxy groups -OCH3 is 1. The molecule has 1 fully saturated rings. The van der Waals surface area contributed by atoms with E-state index in [0.717, 1.165) is 25.9 Å². The zero-order valence-corrected chi connectivity index (χ0v) is 17.1. The summed E-state index contributed by atoms with van der Waals surface area (Å²) < 4.78 is 32.7. The van der Waals surface area contributed by atoms with Crippen molar-refractivity contribution < 1.29 is 17.9 Å². The molecule has 148 valence electrons. The van der Waals surface area contributed by atoms with Crippen LogP contribution in [0.15, 0.2) is 23.1 Å². The van der Waals surface area contributed by atoms with Crippen LogP contribution >= 0.6 is 12.4 Å². The van der Waals surface area contributed by atoms with Gasteiger partial charge in [0.2, 0.25) is 15.9 Å². The van der Waals surface area contributed by atoms with Crippen molar-refractivity contribution in [2.75, 3.05) is 27.2 Å². The fourth-order valence-corrected chi connectivity index (χ4v) is 4.37. The topological polar surface area (TPSA) is 87.7 Å². The Balaban J connectivity index is 0.00000338. The third-order valence-corrected chi connectivity index (χ3v) is 6.45. The number of halogens is 1. The van der Waals surface area contributed by atoms with Crippen molar-refractivity contribution in [1.29, 1.82) is 0 Å². The number of rotatable bonds is 7. The molecule has 0 bridgehead atoms. The summed E-state index contributed by atoms with van der Waals surface area (Å²) in [5.74, 6) is 0.460. The quantitative estimate of drug-likeness (QED) is 0.718. The number of ether oxygens (including phenoxy) is 1. The van der Waals surface area contributed by atoms with Gasteiger partial charge in [-0.2, -0.15) is 4.31 Å². The van der Waals surface area contributed by atoms with Gasteiger partial charge in [-0.05, 0) is 44.1 Å². The van der Waals surface area contributed by atoms with E-state index in [1.54, 1.807) is 32.2 Å². The van der Waals surface area contributed by atoms with Crippen LogP contribution in [0.1, 0.15) is 31.7 Å². The predicted molar refractivity (Wildman–Crippen MR) is 103 cm³/mol. The number of nitrogens with zero attached hydrogens (tertiary/aromatic N) is 1. The lowest BCUT2D eigenvalue weighted by atomic mass is 10.1. The molecule has 1 aliphatic rings. The Morgan fingerprint density at radius 2 is 2.00 bits per heavy atom. The molecule has 0 atom stereocenters. The summed E-state index contributed by atoms with van der Waals surface area (Å²) in [6.45, 7) is 3.64. The molecule has 0 radical (unpaired) electrons. The van der Waals surface area contributed by atoms with Crippen LogP contribution in [0.4, 0.5) is 0 Å². The van der Waals surface area contributed by atoms with Gasteiger partial charge in [0.05, 0.1) is 12.0 Å². The van der Waals surface area contributed by atoms with Crippen molar-refractivity contribution in [3.05, 3.63) is 23.8 Å². The molecule has 2 rings (SSSR count). The first-order valence-corrected chi connectivity index (χ1v) is 9.96. The Kier molecular flexibility index (Phi) is 8.82. The van der Waals surface area contributed by atoms with Crippen molar-refractivity contribution in [1.82, 2.24) is 14.9 Å². The molecule has 9 heteroatoms. The largest absolute Gasteiger partial charge is 0.496 e. The molecule has 0 saturated carbocycles. The molecule has 1 heterocycles. The summed E-state index contributed by atoms with van der Waals surface area (Å²) in [5.41, 5.74) is 0.643. The van der Waals surface area contributed by atoms with Crippen molar-refractivity contribution in [3.63, 3.8) is 0 Å². The lowest BCUT2D eigenvalue weighted by Crippen LogP contribution is -2.43. The van der Waals surface area contributed by atoms with E-state index in [1.807, 2.05) is 0 Å². The van der Waals surface area contributed by atoms with E-state index < -0.39 is 10.0 Å². The van der Waals surface area contributed by atoms with Crippen LogP contribution in [0.25, 0.3) is 0 Å². The second-order valence-electron chi connectivity index (χ2n) is 6.11. The highest BCUT2D eigenvalue weighted by molar-refractivity contribution is 7.89. The first-order valence-electron chi connectivity index (χ1n) is 8.52. The average Bonchev–Trinajstić information content (AvgIpc) is 2.65. The maximum Gasteiger partial charge on any atom is 0.243 e. The minimum absolute atomic E-state index is 0. The second-order valence-corrected chi connectivity index (χ2v) is 8.10. The standard InChI is InChI=1S/C17H27N3O4S.ClH/c1-4-17(21)19-12-13-11-15(5-6-16(13)24-3)25(22,23)20(2)14-7-9-18-10-8-14;/h5-6,11,14,18H,4,7-10,12H2,1-3H3,(H,19,21);1H. The van der Waals surface area contributed by atoms with Crippen molar-refractivity contribution >= 4 is 28.3 Å². The molecule has 26 heavy (non-hydrogen) atoms. The molecular formula is C17H28ClN3O4S. The highest BCUT2D eigenvalue weighted by Crippen LogP contribution is 2.26. The van der Waals surface area contributed by atoms with Crippen LogP contribution in [0.5, 0.6) is 5.75 Å². The van der Waals surface area contributed by atoms with Crippen molar-refractivity contribution in [3.8, 4) is 5.75 Å². The average molecular weight is 406 g/mol. The molecule has 1 aromatic rings. The third-order valence-electron chi connectivity index (χ3n) is 4.55. The van der Waals surface area contributed by atoms with Crippen LogP contribution in [-0.2, 0) is 21.4 Å². The molecule has 7 nitrogen and oxygen atoms in total. The lowest BCUT2D eigenvalue weighted by molar-refractivity contribution is -0.120. The fraction of sp³-hybridized carbons (Fsp3) is 0.588. The summed E-state index contributed by atoms with van der Waals surface area (Å²) in [7, 11) is -0.436. The Morgan fingerprint density at radius 3 is 2.58 bits per heavy atom. The zero-order chi connectivity index (χ0) is 18.4. The highest BCUT2D eigenvalue weighted by Gasteiger charge is 2.29. The minimum atomic E-state index is -3.59. The second kappa shape index (κ2) is 10.1. The molecule has 1 aromatic carbocycles. The number of hydrogen-bond donors (Lipinski definition) is 2. The first-order chi connectivity index (χ1) is 11.9. The number of benzene rings is 1. The predicted octanol–water partition coefficient (Wildman–Crippen LogP) is 1.52. The van der Waals surface area contributed by atoms with Gasteiger partial charge in [-0.3, -0.25) is 4.79 Å². The SMILES string of the molecule is CCC(=O)NCc1cc(S(=O)(=O)N(C)C2CCNCC2)ccc1OC.Cl. The number of carbonyl (C=O) groups is 1. The summed E-state index contributed by atoms with van der Waals surface area (Å²) in [6.07, 6.45) is 1.97. The lowest BCUT2D eigenvalue weighted by Gasteiger charge is -2.31. The molecule has 0 unspecified atom stereocenters. The number of piperidine rings is 1. The molecule has 1 aliphatic heterocycles. The van der Waals surface area contributed by atoms with Crippen LogP contribution in [0.2, 0.25) is 0 Å². The van der Waals surface area contributed by atoms with Gasteiger partial charge in [-0.15, -0.1) is 12.4 Å². The van der Waals surface area contributed by atoms with Gasteiger partial charge in [-0.25, -0.2) is 8.42 Å². The van der Waals surface area contributed by atoms with Gasteiger partial charge >= 0.3 is 0 Å². The maximum atomic E-state index is 13.0. The van der Waals surface area contributed by atoms with E-state index in [-0.39, 0.29) is 35.8 Å². The van der Waals surface area contributed by atoms with Gasteiger partial charge in [-0.1, -0.05) is 6.92 Å². The van der Waals surface area contributed by atoms with E-state index in [0.29, 0.717) is 17.7 Å². The summed E-state index contributed by atoms with van der Waals surface area (Å²) in [6, 6.07) is 4.77. The van der Waals surface area contributed by atoms with E-state index in [9.17, 15) is 13.2 Å². The van der Waals surface area contributed by atoms with Crippen LogP contribution in [-0.4, -0.2) is 51.9 Å². The van der Waals surface area contributed by atoms with Gasteiger partial charge < -0.3 is 15.4 Å². The normalized spacial score (nSPS) is 15.4. The fourth-order valence-electron chi connectivity index (χ4n) is 2.91. The molecule has 0 aliphatic carbocycles. The van der Waals surface area contributed by atoms with Crippen molar-refractivity contribution in [2.45, 2.75) is 43.7 Å². The van der Waals surface area contributed by atoms with Crippen LogP contribution in [0, 0.1) is 0 Å². The maximum absolute atomic E-state index is 13.0. The molecule has 0 spiro atoms. The van der Waals surface area contributed by atoms with Gasteiger partial charge in [0.15, 0.2) is 0 Å².